The van der Waals surface area contributed by atoms with Crippen molar-refractivity contribution < 1.29 is 13.5 Å². The van der Waals surface area contributed by atoms with Crippen LogP contribution in [-0.2, 0) is 9.84 Å². The van der Waals surface area contributed by atoms with Gasteiger partial charge in [0.25, 0.3) is 0 Å². The van der Waals surface area contributed by atoms with E-state index in [2.05, 4.69) is 5.32 Å². The molecule has 0 radical (unpaired) electrons. The van der Waals surface area contributed by atoms with Gasteiger partial charge in [0.2, 0.25) is 0 Å². The molecular formula is C10H23NO3S. The van der Waals surface area contributed by atoms with E-state index in [4.69, 9.17) is 5.11 Å². The summed E-state index contributed by atoms with van der Waals surface area (Å²) >= 11 is 0. The van der Waals surface area contributed by atoms with Crippen molar-refractivity contribution >= 4 is 9.84 Å². The van der Waals surface area contributed by atoms with Crippen LogP contribution in [-0.4, -0.2) is 43.7 Å². The minimum Gasteiger partial charge on any atom is -0.393 e. The lowest BCUT2D eigenvalue weighted by atomic mass is 10.2. The average Bonchev–Trinajstić information content (AvgIpc) is 2.11. The average molecular weight is 237 g/mol. The third-order valence-corrected chi connectivity index (χ3v) is 4.12. The highest BCUT2D eigenvalue weighted by atomic mass is 32.2. The summed E-state index contributed by atoms with van der Waals surface area (Å²) in [5.41, 5.74) is 0. The molecule has 5 heteroatoms. The molecule has 0 aromatic rings. The van der Waals surface area contributed by atoms with Crippen molar-refractivity contribution in [3.8, 4) is 0 Å². The Kier molecular flexibility index (Phi) is 7.13. The highest BCUT2D eigenvalue weighted by Gasteiger charge is 2.12. The van der Waals surface area contributed by atoms with Crippen molar-refractivity contribution in [1.82, 2.24) is 5.32 Å². The minimum atomic E-state index is -2.88. The second-order valence-electron chi connectivity index (χ2n) is 4.05. The van der Waals surface area contributed by atoms with E-state index in [1.54, 1.807) is 13.8 Å². The highest BCUT2D eigenvalue weighted by molar-refractivity contribution is 7.91. The van der Waals surface area contributed by atoms with Crippen LogP contribution in [0.25, 0.3) is 0 Å². The van der Waals surface area contributed by atoms with Crippen molar-refractivity contribution in [1.29, 1.82) is 0 Å². The normalized spacial score (nSPS) is 16.3. The number of nitrogens with one attached hydrogen (secondary N) is 1. The van der Waals surface area contributed by atoms with Gasteiger partial charge in [-0.2, -0.15) is 0 Å². The lowest BCUT2D eigenvalue weighted by Gasteiger charge is -2.13. The van der Waals surface area contributed by atoms with Gasteiger partial charge in [-0.15, -0.1) is 0 Å². The Hall–Kier alpha value is -0.130. The molecule has 0 aliphatic rings. The summed E-state index contributed by atoms with van der Waals surface area (Å²) in [6.45, 7) is 6.04. The van der Waals surface area contributed by atoms with Gasteiger partial charge < -0.3 is 10.4 Å². The number of sulfone groups is 1. The Morgan fingerprint density at radius 3 is 2.40 bits per heavy atom. The van der Waals surface area contributed by atoms with E-state index in [0.717, 1.165) is 19.4 Å². The molecule has 0 aromatic carbocycles. The number of hydrogen-bond donors (Lipinski definition) is 2. The molecule has 0 aliphatic heterocycles. The van der Waals surface area contributed by atoms with Gasteiger partial charge in [-0.05, 0) is 33.2 Å². The number of hydrogen-bond acceptors (Lipinski definition) is 4. The van der Waals surface area contributed by atoms with Crippen LogP contribution in [0.1, 0.15) is 33.6 Å². The van der Waals surface area contributed by atoms with Gasteiger partial charge in [0.15, 0.2) is 9.84 Å². The molecular weight excluding hydrogens is 214 g/mol. The summed E-state index contributed by atoms with van der Waals surface area (Å²) in [6, 6.07) is -0.0102. The molecule has 0 saturated heterocycles. The van der Waals surface area contributed by atoms with E-state index in [9.17, 15) is 8.42 Å². The van der Waals surface area contributed by atoms with Crippen molar-refractivity contribution in [3.63, 3.8) is 0 Å². The topological polar surface area (TPSA) is 66.4 Å². The molecule has 0 rings (SSSR count). The quantitative estimate of drug-likeness (QED) is 0.605. The molecule has 0 amide bonds. The predicted octanol–water partition coefficient (Wildman–Crippen LogP) is 0.560. The molecule has 0 spiro atoms. The molecule has 0 bridgehead atoms. The maximum atomic E-state index is 11.3. The molecule has 4 nitrogen and oxygen atoms in total. The Balaban J connectivity index is 3.62. The zero-order chi connectivity index (χ0) is 11.9. The first kappa shape index (κ1) is 14.9. The zero-order valence-corrected chi connectivity index (χ0v) is 10.7. The Morgan fingerprint density at radius 1 is 1.33 bits per heavy atom. The van der Waals surface area contributed by atoms with Crippen molar-refractivity contribution in [2.45, 2.75) is 45.8 Å². The van der Waals surface area contributed by atoms with Crippen molar-refractivity contribution in [2.75, 3.05) is 18.1 Å². The van der Waals surface area contributed by atoms with Crippen LogP contribution in [0.15, 0.2) is 0 Å². The first-order valence-electron chi connectivity index (χ1n) is 5.49. The number of rotatable bonds is 8. The summed E-state index contributed by atoms with van der Waals surface area (Å²) in [5, 5.41) is 12.2. The van der Waals surface area contributed by atoms with Gasteiger partial charge in [-0.1, -0.05) is 6.92 Å². The van der Waals surface area contributed by atoms with Crippen molar-refractivity contribution in [2.24, 2.45) is 0 Å². The summed E-state index contributed by atoms with van der Waals surface area (Å²) in [4.78, 5) is 0. The Bertz CT molecular complexity index is 249. The van der Waals surface area contributed by atoms with Crippen LogP contribution in [0.3, 0.4) is 0 Å². The van der Waals surface area contributed by atoms with Gasteiger partial charge in [-0.25, -0.2) is 8.42 Å². The summed E-state index contributed by atoms with van der Waals surface area (Å²) in [6.07, 6.45) is 1.34. The largest absolute Gasteiger partial charge is 0.393 e. The van der Waals surface area contributed by atoms with Crippen LogP contribution < -0.4 is 5.32 Å². The first-order valence-corrected chi connectivity index (χ1v) is 7.31. The van der Waals surface area contributed by atoms with E-state index < -0.39 is 9.84 Å². The highest BCUT2D eigenvalue weighted by Crippen LogP contribution is 1.97. The van der Waals surface area contributed by atoms with E-state index in [-0.39, 0.29) is 23.7 Å². The van der Waals surface area contributed by atoms with E-state index in [1.807, 2.05) is 6.92 Å². The molecule has 0 saturated carbocycles. The van der Waals surface area contributed by atoms with Gasteiger partial charge in [0.05, 0.1) is 11.9 Å². The van der Waals surface area contributed by atoms with Crippen LogP contribution in [0.2, 0.25) is 0 Å². The standard InChI is InChI=1S/C10H23NO3S/c1-4-15(13,14)8-9(2)11-7-5-6-10(3)12/h9-12H,4-8H2,1-3H3. The predicted molar refractivity (Wildman–Crippen MR) is 62.7 cm³/mol. The third-order valence-electron chi connectivity index (χ3n) is 2.24. The molecule has 2 unspecified atom stereocenters. The summed E-state index contributed by atoms with van der Waals surface area (Å²) in [7, 11) is -2.88. The van der Waals surface area contributed by atoms with Gasteiger partial charge in [-0.3, -0.25) is 0 Å². The fourth-order valence-electron chi connectivity index (χ4n) is 1.30. The molecule has 15 heavy (non-hydrogen) atoms. The smallest absolute Gasteiger partial charge is 0.151 e. The van der Waals surface area contributed by atoms with Crippen LogP contribution in [0.5, 0.6) is 0 Å². The van der Waals surface area contributed by atoms with Crippen LogP contribution >= 0.6 is 0 Å². The lowest BCUT2D eigenvalue weighted by Crippen LogP contribution is -2.34. The fraction of sp³-hybridized carbons (Fsp3) is 1.00. The Morgan fingerprint density at radius 2 is 1.93 bits per heavy atom. The fourth-order valence-corrected chi connectivity index (χ4v) is 2.42. The molecule has 0 heterocycles. The number of aliphatic hydroxyl groups is 1. The van der Waals surface area contributed by atoms with E-state index in [1.165, 1.54) is 0 Å². The maximum Gasteiger partial charge on any atom is 0.151 e. The van der Waals surface area contributed by atoms with Crippen molar-refractivity contribution in [3.05, 3.63) is 0 Å². The number of aliphatic hydroxyl groups excluding tert-OH is 1. The molecule has 92 valence electrons. The van der Waals surface area contributed by atoms with Gasteiger partial charge in [0.1, 0.15) is 0 Å². The molecule has 0 aromatic heterocycles. The lowest BCUT2D eigenvalue weighted by molar-refractivity contribution is 0.181. The summed E-state index contributed by atoms with van der Waals surface area (Å²) < 4.78 is 22.5. The maximum absolute atomic E-state index is 11.3. The molecule has 2 atom stereocenters. The summed E-state index contributed by atoms with van der Waals surface area (Å²) in [5.74, 6) is 0.394. The van der Waals surface area contributed by atoms with Gasteiger partial charge in [0, 0.05) is 11.8 Å². The second-order valence-corrected chi connectivity index (χ2v) is 6.44. The molecule has 0 aliphatic carbocycles. The first-order chi connectivity index (χ1) is 6.87. The molecule has 2 N–H and O–H groups in total. The van der Waals surface area contributed by atoms with Gasteiger partial charge >= 0.3 is 0 Å². The zero-order valence-electron chi connectivity index (χ0n) is 9.86. The monoisotopic (exact) mass is 237 g/mol. The minimum absolute atomic E-state index is 0.0102. The SMILES string of the molecule is CCS(=O)(=O)CC(C)NCCCC(C)O. The van der Waals surface area contributed by atoms with E-state index in [0.29, 0.717) is 0 Å². The third kappa shape index (κ3) is 8.84. The van der Waals surface area contributed by atoms with Crippen LogP contribution in [0, 0.1) is 0 Å². The Labute approximate surface area is 93.0 Å². The van der Waals surface area contributed by atoms with Crippen LogP contribution in [0.4, 0.5) is 0 Å². The molecule has 0 fully saturated rings. The second kappa shape index (κ2) is 7.19. The van der Waals surface area contributed by atoms with E-state index >= 15 is 0 Å².